The average Bonchev–Trinajstić information content (AvgIpc) is 2.03. The Labute approximate surface area is 79.1 Å². The third-order valence-corrected chi connectivity index (χ3v) is 3.00. The first-order valence-corrected chi connectivity index (χ1v) is 4.82. The van der Waals surface area contributed by atoms with Crippen LogP contribution in [0.3, 0.4) is 0 Å². The van der Waals surface area contributed by atoms with Crippen LogP contribution in [0, 0.1) is 5.41 Å². The number of hydrogen-bond acceptors (Lipinski definition) is 1. The Bertz CT molecular complexity index is 207. The van der Waals surface area contributed by atoms with Gasteiger partial charge in [-0.05, 0) is 25.2 Å². The van der Waals surface area contributed by atoms with E-state index in [2.05, 4.69) is 0 Å². The van der Waals surface area contributed by atoms with Crippen molar-refractivity contribution in [2.75, 3.05) is 13.2 Å². The van der Waals surface area contributed by atoms with Crippen molar-refractivity contribution in [1.29, 1.82) is 0 Å². The fourth-order valence-electron chi connectivity index (χ4n) is 2.13. The van der Waals surface area contributed by atoms with Crippen molar-refractivity contribution in [3.05, 3.63) is 0 Å². The predicted octanol–water partition coefficient (Wildman–Crippen LogP) is 1.99. The Balaban J connectivity index is 2.61. The molecule has 1 amide bonds. The smallest absolute Gasteiger partial charge is 0.219 e. The SMILES string of the molecule is CC(=O)N1CCC(C)(CF)CC1C. The molecule has 0 N–H and O–H groups in total. The second-order valence-corrected chi connectivity index (χ2v) is 4.46. The highest BCUT2D eigenvalue weighted by Gasteiger charge is 2.35. The largest absolute Gasteiger partial charge is 0.340 e. The molecule has 1 rings (SSSR count). The molecule has 13 heavy (non-hydrogen) atoms. The lowest BCUT2D eigenvalue weighted by molar-refractivity contribution is -0.134. The lowest BCUT2D eigenvalue weighted by Gasteiger charge is -2.42. The zero-order chi connectivity index (χ0) is 10.1. The molecule has 0 aromatic rings. The number of nitrogens with zero attached hydrogens (tertiary/aromatic N) is 1. The number of hydrogen-bond donors (Lipinski definition) is 0. The molecule has 1 fully saturated rings. The van der Waals surface area contributed by atoms with Crippen molar-refractivity contribution < 1.29 is 9.18 Å². The van der Waals surface area contributed by atoms with Crippen LogP contribution in [0.15, 0.2) is 0 Å². The van der Waals surface area contributed by atoms with E-state index in [-0.39, 0.29) is 24.0 Å². The number of carbonyl (C=O) groups excluding carboxylic acids is 1. The van der Waals surface area contributed by atoms with Crippen molar-refractivity contribution in [2.45, 2.75) is 39.7 Å². The summed E-state index contributed by atoms with van der Waals surface area (Å²) in [7, 11) is 0. The van der Waals surface area contributed by atoms with Gasteiger partial charge in [0.1, 0.15) is 0 Å². The Morgan fingerprint density at radius 1 is 1.69 bits per heavy atom. The summed E-state index contributed by atoms with van der Waals surface area (Å²) >= 11 is 0. The summed E-state index contributed by atoms with van der Waals surface area (Å²) in [5.41, 5.74) is -0.203. The lowest BCUT2D eigenvalue weighted by atomic mass is 9.78. The van der Waals surface area contributed by atoms with Crippen LogP contribution < -0.4 is 0 Å². The molecule has 2 atom stereocenters. The second-order valence-electron chi connectivity index (χ2n) is 4.46. The van der Waals surface area contributed by atoms with E-state index in [1.54, 1.807) is 6.92 Å². The van der Waals surface area contributed by atoms with E-state index in [1.165, 1.54) is 0 Å². The maximum Gasteiger partial charge on any atom is 0.219 e. The molecular weight excluding hydrogens is 169 g/mol. The van der Waals surface area contributed by atoms with Crippen LogP contribution >= 0.6 is 0 Å². The summed E-state index contributed by atoms with van der Waals surface area (Å²) in [6.07, 6.45) is 1.57. The van der Waals surface area contributed by atoms with E-state index in [1.807, 2.05) is 18.7 Å². The molecular formula is C10H18FNO. The quantitative estimate of drug-likeness (QED) is 0.614. The average molecular weight is 187 g/mol. The number of carbonyl (C=O) groups is 1. The van der Waals surface area contributed by atoms with Gasteiger partial charge in [-0.25, -0.2) is 0 Å². The van der Waals surface area contributed by atoms with E-state index in [4.69, 9.17) is 0 Å². The highest BCUT2D eigenvalue weighted by molar-refractivity contribution is 5.73. The maximum absolute atomic E-state index is 12.7. The summed E-state index contributed by atoms with van der Waals surface area (Å²) < 4.78 is 12.7. The molecule has 0 aromatic carbocycles. The fourth-order valence-corrected chi connectivity index (χ4v) is 2.13. The van der Waals surface area contributed by atoms with Gasteiger partial charge in [-0.2, -0.15) is 0 Å². The van der Waals surface area contributed by atoms with Crippen molar-refractivity contribution >= 4 is 5.91 Å². The van der Waals surface area contributed by atoms with Crippen LogP contribution in [-0.2, 0) is 4.79 Å². The molecule has 2 nitrogen and oxygen atoms in total. The van der Waals surface area contributed by atoms with Crippen molar-refractivity contribution in [2.24, 2.45) is 5.41 Å². The third-order valence-electron chi connectivity index (χ3n) is 3.00. The zero-order valence-electron chi connectivity index (χ0n) is 8.64. The van der Waals surface area contributed by atoms with Crippen LogP contribution in [0.4, 0.5) is 4.39 Å². The van der Waals surface area contributed by atoms with Crippen LogP contribution in [0.25, 0.3) is 0 Å². The van der Waals surface area contributed by atoms with Gasteiger partial charge in [-0.1, -0.05) is 6.92 Å². The number of alkyl halides is 1. The summed E-state index contributed by atoms with van der Waals surface area (Å²) in [4.78, 5) is 13.0. The van der Waals surface area contributed by atoms with E-state index in [0.29, 0.717) is 6.54 Å². The first-order chi connectivity index (χ1) is 5.98. The number of likely N-dealkylation sites (tertiary alicyclic amines) is 1. The Morgan fingerprint density at radius 2 is 2.31 bits per heavy atom. The minimum Gasteiger partial charge on any atom is -0.340 e. The number of piperidine rings is 1. The van der Waals surface area contributed by atoms with Crippen LogP contribution in [-0.4, -0.2) is 30.1 Å². The summed E-state index contributed by atoms with van der Waals surface area (Å²) in [6.45, 7) is 5.96. The lowest BCUT2D eigenvalue weighted by Crippen LogP contribution is -2.47. The molecule has 3 heteroatoms. The van der Waals surface area contributed by atoms with E-state index < -0.39 is 0 Å². The number of rotatable bonds is 1. The third kappa shape index (κ3) is 2.20. The van der Waals surface area contributed by atoms with Crippen molar-refractivity contribution in [3.63, 3.8) is 0 Å². The van der Waals surface area contributed by atoms with Gasteiger partial charge in [0.25, 0.3) is 0 Å². The molecule has 0 bridgehead atoms. The molecule has 1 heterocycles. The fraction of sp³-hybridized carbons (Fsp3) is 0.900. The summed E-state index contributed by atoms with van der Waals surface area (Å²) in [5, 5.41) is 0. The Hall–Kier alpha value is -0.600. The van der Waals surface area contributed by atoms with Crippen molar-refractivity contribution in [3.8, 4) is 0 Å². The van der Waals surface area contributed by atoms with Crippen LogP contribution in [0.1, 0.15) is 33.6 Å². The molecule has 0 radical (unpaired) electrons. The van der Waals surface area contributed by atoms with Crippen LogP contribution in [0.2, 0.25) is 0 Å². The van der Waals surface area contributed by atoms with Gasteiger partial charge >= 0.3 is 0 Å². The van der Waals surface area contributed by atoms with Gasteiger partial charge in [0.05, 0.1) is 6.67 Å². The van der Waals surface area contributed by atoms with Gasteiger partial charge in [-0.15, -0.1) is 0 Å². The molecule has 1 saturated heterocycles. The molecule has 1 aliphatic rings. The molecule has 0 aliphatic carbocycles. The zero-order valence-corrected chi connectivity index (χ0v) is 8.64. The molecule has 0 aromatic heterocycles. The van der Waals surface area contributed by atoms with Crippen LogP contribution in [0.5, 0.6) is 0 Å². The summed E-state index contributed by atoms with van der Waals surface area (Å²) in [6, 6.07) is 0.187. The highest BCUT2D eigenvalue weighted by Crippen LogP contribution is 2.34. The molecule has 0 saturated carbocycles. The predicted molar refractivity (Wildman–Crippen MR) is 50.2 cm³/mol. The molecule has 76 valence electrons. The van der Waals surface area contributed by atoms with E-state index >= 15 is 0 Å². The van der Waals surface area contributed by atoms with Crippen molar-refractivity contribution in [1.82, 2.24) is 4.90 Å². The topological polar surface area (TPSA) is 20.3 Å². The second kappa shape index (κ2) is 3.64. The Kier molecular flexibility index (Phi) is 2.94. The normalized spacial score (nSPS) is 34.8. The van der Waals surface area contributed by atoms with Gasteiger partial charge < -0.3 is 4.90 Å². The molecule has 2 unspecified atom stereocenters. The van der Waals surface area contributed by atoms with Gasteiger partial charge in [0.15, 0.2) is 0 Å². The molecule has 0 spiro atoms. The van der Waals surface area contributed by atoms with E-state index in [9.17, 15) is 9.18 Å². The minimum absolute atomic E-state index is 0.105. The molecule has 1 aliphatic heterocycles. The summed E-state index contributed by atoms with van der Waals surface area (Å²) in [5.74, 6) is 0.105. The first kappa shape index (κ1) is 10.5. The van der Waals surface area contributed by atoms with E-state index in [0.717, 1.165) is 12.8 Å². The first-order valence-electron chi connectivity index (χ1n) is 4.82. The van der Waals surface area contributed by atoms with Gasteiger partial charge in [0, 0.05) is 19.5 Å². The standard InChI is InChI=1S/C10H18FNO/c1-8-6-10(3,7-11)4-5-12(8)9(2)13/h8H,4-7H2,1-3H3. The highest BCUT2D eigenvalue weighted by atomic mass is 19.1. The number of amides is 1. The number of halogens is 1. The minimum atomic E-state index is -0.275. The van der Waals surface area contributed by atoms with Gasteiger partial charge in [0.2, 0.25) is 5.91 Å². The van der Waals surface area contributed by atoms with Gasteiger partial charge in [-0.3, -0.25) is 9.18 Å². The Morgan fingerprint density at radius 3 is 2.69 bits per heavy atom. The monoisotopic (exact) mass is 187 g/mol. The maximum atomic E-state index is 12.7.